The van der Waals surface area contributed by atoms with Gasteiger partial charge < -0.3 is 25.9 Å². The van der Waals surface area contributed by atoms with Crippen molar-refractivity contribution in [2.45, 2.75) is 63.6 Å². The second-order valence-electron chi connectivity index (χ2n) is 8.85. The number of hydrogen-bond acceptors (Lipinski definition) is 7. The third-order valence-corrected chi connectivity index (χ3v) is 5.96. The van der Waals surface area contributed by atoms with E-state index in [0.29, 0.717) is 18.5 Å². The number of nitrogens with zero attached hydrogens (tertiary/aromatic N) is 2. The zero-order valence-corrected chi connectivity index (χ0v) is 20.7. The third kappa shape index (κ3) is 6.81. The highest BCUT2D eigenvalue weighted by atomic mass is 16.4. The smallest absolute Gasteiger partial charge is 0.305 e. The second-order valence-corrected chi connectivity index (χ2v) is 8.85. The first-order valence-corrected chi connectivity index (χ1v) is 12.1. The molecule has 0 saturated carbocycles. The molecule has 0 unspecified atom stereocenters. The van der Waals surface area contributed by atoms with Crippen molar-refractivity contribution in [2.75, 3.05) is 5.32 Å². The zero-order chi connectivity index (χ0) is 27.8. The van der Waals surface area contributed by atoms with Crippen molar-refractivity contribution in [1.29, 1.82) is 0 Å². The number of benzene rings is 1. The van der Waals surface area contributed by atoms with Crippen LogP contribution >= 0.6 is 0 Å². The first-order valence-electron chi connectivity index (χ1n) is 12.1. The molecular formula is C25H29N5O8. The third-order valence-electron chi connectivity index (χ3n) is 5.96. The lowest BCUT2D eigenvalue weighted by molar-refractivity contribution is -0.166. The predicted molar refractivity (Wildman–Crippen MR) is 132 cm³/mol. The molecule has 0 aliphatic carbocycles. The van der Waals surface area contributed by atoms with Crippen LogP contribution in [0.3, 0.4) is 0 Å². The lowest BCUT2D eigenvalue weighted by atomic mass is 10.1. The Morgan fingerprint density at radius 2 is 1.87 bits per heavy atom. The van der Waals surface area contributed by atoms with Crippen molar-refractivity contribution in [3.8, 4) is 0 Å². The Labute approximate surface area is 218 Å². The van der Waals surface area contributed by atoms with Crippen LogP contribution in [0.15, 0.2) is 36.5 Å². The van der Waals surface area contributed by atoms with Crippen molar-refractivity contribution in [1.82, 2.24) is 20.7 Å². The summed E-state index contributed by atoms with van der Waals surface area (Å²) in [7, 11) is 0. The molecule has 5 amide bonds. The number of anilines is 1. The molecular weight excluding hydrogens is 498 g/mol. The number of rotatable bonds is 10. The molecule has 0 spiro atoms. The van der Waals surface area contributed by atoms with Crippen LogP contribution in [0.2, 0.25) is 0 Å². The number of hydrazine groups is 1. The Hall–Kier alpha value is -4.55. The fourth-order valence-corrected chi connectivity index (χ4v) is 4.09. The van der Waals surface area contributed by atoms with E-state index in [1.807, 2.05) is 6.92 Å². The van der Waals surface area contributed by atoms with Crippen molar-refractivity contribution in [3.05, 3.63) is 42.1 Å². The Morgan fingerprint density at radius 1 is 1.16 bits per heavy atom. The molecule has 202 valence electrons. The summed E-state index contributed by atoms with van der Waals surface area (Å²) in [5.74, 6) is -4.04. The Morgan fingerprint density at radius 3 is 2.50 bits per heavy atom. The molecule has 4 N–H and O–H groups in total. The van der Waals surface area contributed by atoms with E-state index in [1.54, 1.807) is 12.1 Å². The maximum Gasteiger partial charge on any atom is 0.305 e. The van der Waals surface area contributed by atoms with Crippen molar-refractivity contribution >= 4 is 47.5 Å². The summed E-state index contributed by atoms with van der Waals surface area (Å²) in [5.41, 5.74) is 0.728. The van der Waals surface area contributed by atoms with Crippen LogP contribution in [0.4, 0.5) is 5.69 Å². The number of carboxylic acid groups (broad SMARTS) is 1. The topological polar surface area (TPSA) is 182 Å². The number of fused-ring (bicyclic) bond motifs is 1. The van der Waals surface area contributed by atoms with E-state index in [2.05, 4.69) is 16.0 Å². The fourth-order valence-electron chi connectivity index (χ4n) is 4.09. The van der Waals surface area contributed by atoms with Gasteiger partial charge in [0.1, 0.15) is 18.4 Å². The molecule has 3 rings (SSSR count). The summed E-state index contributed by atoms with van der Waals surface area (Å²) in [6.07, 6.45) is 3.46. The van der Waals surface area contributed by atoms with E-state index in [-0.39, 0.29) is 37.0 Å². The normalized spacial score (nSPS) is 19.6. The lowest BCUT2D eigenvalue weighted by Crippen LogP contribution is -2.62. The van der Waals surface area contributed by atoms with E-state index in [9.17, 15) is 33.6 Å². The Balaban J connectivity index is 1.75. The monoisotopic (exact) mass is 527 g/mol. The Bertz CT molecular complexity index is 1150. The van der Waals surface area contributed by atoms with Crippen molar-refractivity contribution in [3.63, 3.8) is 0 Å². The minimum absolute atomic E-state index is 0.00584. The molecule has 0 radical (unpaired) electrons. The molecule has 13 nitrogen and oxygen atoms in total. The molecule has 1 fully saturated rings. The highest BCUT2D eigenvalue weighted by molar-refractivity contribution is 6.00. The van der Waals surface area contributed by atoms with E-state index in [0.717, 1.165) is 10.0 Å². The molecule has 1 aromatic carbocycles. The molecule has 1 aromatic rings. The minimum atomic E-state index is -1.32. The van der Waals surface area contributed by atoms with Crippen LogP contribution in [-0.2, 0) is 28.8 Å². The summed E-state index contributed by atoms with van der Waals surface area (Å²) in [4.78, 5) is 85.9. The van der Waals surface area contributed by atoms with Gasteiger partial charge in [0.25, 0.3) is 11.8 Å². The van der Waals surface area contributed by atoms with Gasteiger partial charge in [-0.1, -0.05) is 13.0 Å². The predicted octanol–water partition coefficient (Wildman–Crippen LogP) is 0.334. The van der Waals surface area contributed by atoms with Gasteiger partial charge in [-0.05, 0) is 43.5 Å². The van der Waals surface area contributed by atoms with Gasteiger partial charge >= 0.3 is 5.97 Å². The molecule has 2 heterocycles. The van der Waals surface area contributed by atoms with E-state index in [1.165, 1.54) is 24.4 Å². The standard InChI is InChI=1S/C25H29N5O8/c1-2-4-20(32)26-16-8-6-15(7-9-16)23(36)28-18-10-11-21(33)29-12-3-5-19(30(29)25(18)38)24(37)27-17(14-31)13-22(34)35/h3,6-9,12,14,17-19H,2,4-5,10-11,13H2,1H3,(H,26,32)(H,27,37)(H,28,36)(H,34,35)/t17-,18-,19-/m0/s1. The average Bonchev–Trinajstić information content (AvgIpc) is 3.00. The number of carbonyl (C=O) groups excluding carboxylic acids is 6. The largest absolute Gasteiger partial charge is 0.481 e. The summed E-state index contributed by atoms with van der Waals surface area (Å²) in [6.45, 7) is 1.88. The van der Waals surface area contributed by atoms with Crippen molar-refractivity contribution in [2.24, 2.45) is 0 Å². The maximum atomic E-state index is 13.5. The lowest BCUT2D eigenvalue weighted by Gasteiger charge is -2.39. The van der Waals surface area contributed by atoms with Gasteiger partial charge in [0.2, 0.25) is 17.7 Å². The van der Waals surface area contributed by atoms with Gasteiger partial charge in [-0.15, -0.1) is 0 Å². The maximum absolute atomic E-state index is 13.5. The number of hydrogen-bond donors (Lipinski definition) is 4. The molecule has 2 aliphatic rings. The first-order chi connectivity index (χ1) is 18.1. The number of aldehydes is 1. The van der Waals surface area contributed by atoms with Gasteiger partial charge in [-0.2, -0.15) is 0 Å². The zero-order valence-electron chi connectivity index (χ0n) is 20.7. The van der Waals surface area contributed by atoms with Gasteiger partial charge in [0.15, 0.2) is 0 Å². The molecule has 2 aliphatic heterocycles. The van der Waals surface area contributed by atoms with Crippen LogP contribution in [-0.4, -0.2) is 75.0 Å². The summed E-state index contributed by atoms with van der Waals surface area (Å²) in [6, 6.07) is 2.38. The highest BCUT2D eigenvalue weighted by Crippen LogP contribution is 2.24. The Kier molecular flexibility index (Phi) is 9.30. The van der Waals surface area contributed by atoms with Gasteiger partial charge in [0, 0.05) is 30.3 Å². The number of aliphatic carboxylic acids is 1. The molecule has 1 saturated heterocycles. The van der Waals surface area contributed by atoms with Crippen LogP contribution < -0.4 is 16.0 Å². The van der Waals surface area contributed by atoms with Gasteiger partial charge in [-0.25, -0.2) is 10.0 Å². The first kappa shape index (κ1) is 28.0. The van der Waals surface area contributed by atoms with Crippen LogP contribution in [0.5, 0.6) is 0 Å². The molecule has 13 heteroatoms. The highest BCUT2D eigenvalue weighted by Gasteiger charge is 2.43. The minimum Gasteiger partial charge on any atom is -0.481 e. The SMILES string of the molecule is CCCC(=O)Nc1ccc(C(=O)N[C@H]2CCC(=O)N3C=CC[C@@H](C(=O)N[C@H](C=O)CC(=O)O)N3C2=O)cc1. The van der Waals surface area contributed by atoms with Crippen LogP contribution in [0.25, 0.3) is 0 Å². The summed E-state index contributed by atoms with van der Waals surface area (Å²) >= 11 is 0. The average molecular weight is 528 g/mol. The molecule has 3 atom stereocenters. The van der Waals surface area contributed by atoms with Gasteiger partial charge in [-0.3, -0.25) is 28.8 Å². The summed E-state index contributed by atoms with van der Waals surface area (Å²) < 4.78 is 0. The molecule has 0 bridgehead atoms. The van der Waals surface area contributed by atoms with E-state index >= 15 is 0 Å². The number of amides is 5. The number of nitrogens with one attached hydrogen (secondary N) is 3. The fraction of sp³-hybridized carbons (Fsp3) is 0.400. The van der Waals surface area contributed by atoms with Gasteiger partial charge in [0.05, 0.1) is 12.5 Å². The van der Waals surface area contributed by atoms with Crippen LogP contribution in [0.1, 0.15) is 55.8 Å². The summed E-state index contributed by atoms with van der Waals surface area (Å²) in [5, 5.41) is 18.5. The molecule has 38 heavy (non-hydrogen) atoms. The molecule has 0 aromatic heterocycles. The van der Waals surface area contributed by atoms with E-state index < -0.39 is 54.1 Å². The number of carbonyl (C=O) groups is 7. The number of carboxylic acids is 1. The van der Waals surface area contributed by atoms with Crippen molar-refractivity contribution < 1.29 is 38.7 Å². The van der Waals surface area contributed by atoms with Crippen LogP contribution in [0, 0.1) is 0 Å². The quantitative estimate of drug-likeness (QED) is 0.314. The van der Waals surface area contributed by atoms with E-state index in [4.69, 9.17) is 5.11 Å². The second kappa shape index (κ2) is 12.6.